The lowest BCUT2D eigenvalue weighted by Gasteiger charge is -2.17. The second-order valence-corrected chi connectivity index (χ2v) is 6.55. The second-order valence-electron chi connectivity index (χ2n) is 5.09. The van der Waals surface area contributed by atoms with E-state index in [1.165, 1.54) is 4.88 Å². The van der Waals surface area contributed by atoms with Gasteiger partial charge in [0, 0.05) is 16.2 Å². The summed E-state index contributed by atoms with van der Waals surface area (Å²) >= 11 is 1.67. The number of nitrogens with one attached hydrogen (secondary N) is 2. The summed E-state index contributed by atoms with van der Waals surface area (Å²) in [6, 6.07) is 1.08. The summed E-state index contributed by atoms with van der Waals surface area (Å²) in [7, 11) is 0. The highest BCUT2D eigenvalue weighted by Gasteiger charge is 2.42. The summed E-state index contributed by atoms with van der Waals surface area (Å²) < 4.78 is 26.1. The Hall–Kier alpha value is -0.720. The molecule has 1 aromatic rings. The van der Waals surface area contributed by atoms with Crippen molar-refractivity contribution in [1.29, 1.82) is 0 Å². The van der Waals surface area contributed by atoms with Crippen LogP contribution in [0.25, 0.3) is 0 Å². The van der Waals surface area contributed by atoms with Gasteiger partial charge in [-0.3, -0.25) is 10.1 Å². The largest absolute Gasteiger partial charge is 0.348 e. The number of aryl methyl sites for hydroxylation is 2. The lowest BCUT2D eigenvalue weighted by atomic mass is 10.1. The van der Waals surface area contributed by atoms with Crippen molar-refractivity contribution in [3.8, 4) is 0 Å². The number of alkyl halides is 2. The molecule has 1 amide bonds. The quantitative estimate of drug-likeness (QED) is 0.897. The van der Waals surface area contributed by atoms with Crippen LogP contribution in [0.1, 0.15) is 34.7 Å². The number of carbonyl (C=O) groups is 1. The van der Waals surface area contributed by atoms with Gasteiger partial charge in [0.25, 0.3) is 5.92 Å². The molecule has 7 heteroatoms. The first-order valence-electron chi connectivity index (χ1n) is 6.27. The van der Waals surface area contributed by atoms with Gasteiger partial charge in [0.1, 0.15) is 0 Å². The van der Waals surface area contributed by atoms with Crippen LogP contribution in [-0.2, 0) is 4.79 Å². The smallest absolute Gasteiger partial charge is 0.262 e. The number of carbonyl (C=O) groups excluding carboxylic acids is 1. The molecular weight excluding hydrogens is 306 g/mol. The predicted molar refractivity (Wildman–Crippen MR) is 79.0 cm³/mol. The van der Waals surface area contributed by atoms with Crippen molar-refractivity contribution in [3.05, 3.63) is 21.4 Å². The number of thiophene rings is 1. The third-order valence-electron chi connectivity index (χ3n) is 3.33. The summed E-state index contributed by atoms with van der Waals surface area (Å²) in [6.07, 6.45) is -0.423. The Morgan fingerprint density at radius 3 is 2.65 bits per heavy atom. The van der Waals surface area contributed by atoms with E-state index in [9.17, 15) is 13.6 Å². The van der Waals surface area contributed by atoms with Gasteiger partial charge >= 0.3 is 0 Å². The highest BCUT2D eigenvalue weighted by atomic mass is 35.5. The normalized spacial score (nSPS) is 22.1. The molecule has 2 atom stereocenters. The Kier molecular flexibility index (Phi) is 5.52. The maximum absolute atomic E-state index is 13.0. The standard InChI is InChI=1S/C13H18F2N2OS.ClH/c1-7-4-10(9(3)19-7)8(2)17-12(18)11-5-13(14,15)6-16-11;/h4,8,11,16H,5-6H2,1-3H3,(H,17,18);1H. The van der Waals surface area contributed by atoms with Gasteiger partial charge in [0.05, 0.1) is 18.6 Å². The van der Waals surface area contributed by atoms with E-state index in [1.807, 2.05) is 26.8 Å². The molecule has 114 valence electrons. The monoisotopic (exact) mass is 324 g/mol. The van der Waals surface area contributed by atoms with Crippen molar-refractivity contribution >= 4 is 29.7 Å². The fourth-order valence-electron chi connectivity index (χ4n) is 2.37. The van der Waals surface area contributed by atoms with E-state index < -0.39 is 24.9 Å². The minimum atomic E-state index is -2.78. The zero-order valence-corrected chi connectivity index (χ0v) is 13.3. The van der Waals surface area contributed by atoms with Gasteiger partial charge in [0.15, 0.2) is 0 Å². The molecule has 2 N–H and O–H groups in total. The molecule has 2 heterocycles. The third-order valence-corrected chi connectivity index (χ3v) is 4.31. The molecule has 1 aromatic heterocycles. The Morgan fingerprint density at radius 2 is 2.20 bits per heavy atom. The molecule has 0 spiro atoms. The first-order valence-corrected chi connectivity index (χ1v) is 7.09. The van der Waals surface area contributed by atoms with E-state index in [4.69, 9.17) is 0 Å². The summed E-state index contributed by atoms with van der Waals surface area (Å²) in [4.78, 5) is 14.3. The Morgan fingerprint density at radius 1 is 1.55 bits per heavy atom. The van der Waals surface area contributed by atoms with Gasteiger partial charge in [-0.05, 0) is 32.4 Å². The maximum atomic E-state index is 13.0. The molecule has 1 saturated heterocycles. The Bertz CT molecular complexity index is 493. The number of hydrogen-bond acceptors (Lipinski definition) is 3. The van der Waals surface area contributed by atoms with Crippen LogP contribution in [0.3, 0.4) is 0 Å². The van der Waals surface area contributed by atoms with Gasteiger partial charge in [-0.1, -0.05) is 0 Å². The molecule has 0 radical (unpaired) electrons. The van der Waals surface area contributed by atoms with Crippen LogP contribution in [0.2, 0.25) is 0 Å². The highest BCUT2D eigenvalue weighted by molar-refractivity contribution is 7.12. The van der Waals surface area contributed by atoms with Crippen LogP contribution in [0.4, 0.5) is 8.78 Å². The van der Waals surface area contributed by atoms with E-state index in [-0.39, 0.29) is 24.4 Å². The van der Waals surface area contributed by atoms with Gasteiger partial charge < -0.3 is 5.32 Å². The number of amides is 1. The highest BCUT2D eigenvalue weighted by Crippen LogP contribution is 2.28. The molecule has 1 aliphatic rings. The average molecular weight is 325 g/mol. The predicted octanol–water partition coefficient (Wildman–Crippen LogP) is 2.96. The lowest BCUT2D eigenvalue weighted by molar-refractivity contribution is -0.124. The second kappa shape index (κ2) is 6.37. The number of rotatable bonds is 3. The molecular formula is C13H19ClF2N2OS. The van der Waals surface area contributed by atoms with Crippen LogP contribution in [0.15, 0.2) is 6.07 Å². The molecule has 0 bridgehead atoms. The van der Waals surface area contributed by atoms with E-state index >= 15 is 0 Å². The average Bonchev–Trinajstić information content (AvgIpc) is 2.81. The van der Waals surface area contributed by atoms with Gasteiger partial charge in [0.2, 0.25) is 5.91 Å². The van der Waals surface area contributed by atoms with E-state index in [1.54, 1.807) is 11.3 Å². The zero-order valence-electron chi connectivity index (χ0n) is 11.6. The van der Waals surface area contributed by atoms with Crippen molar-refractivity contribution < 1.29 is 13.6 Å². The molecule has 20 heavy (non-hydrogen) atoms. The first kappa shape index (κ1) is 17.3. The van der Waals surface area contributed by atoms with Gasteiger partial charge in [-0.15, -0.1) is 23.7 Å². The van der Waals surface area contributed by atoms with Gasteiger partial charge in [-0.2, -0.15) is 0 Å². The van der Waals surface area contributed by atoms with Crippen LogP contribution < -0.4 is 10.6 Å². The van der Waals surface area contributed by atoms with Crippen molar-refractivity contribution in [2.75, 3.05) is 6.54 Å². The minimum Gasteiger partial charge on any atom is -0.348 e. The molecule has 0 saturated carbocycles. The van der Waals surface area contributed by atoms with Crippen molar-refractivity contribution in [2.45, 2.75) is 45.2 Å². The fraction of sp³-hybridized carbons (Fsp3) is 0.615. The van der Waals surface area contributed by atoms with Crippen LogP contribution in [0, 0.1) is 13.8 Å². The number of hydrogen-bond donors (Lipinski definition) is 2. The summed E-state index contributed by atoms with van der Waals surface area (Å²) in [5.41, 5.74) is 1.06. The van der Waals surface area contributed by atoms with Crippen LogP contribution >= 0.6 is 23.7 Å². The first-order chi connectivity index (χ1) is 8.78. The molecule has 2 unspecified atom stereocenters. The molecule has 2 rings (SSSR count). The molecule has 0 aliphatic carbocycles. The van der Waals surface area contributed by atoms with Crippen LogP contribution in [0.5, 0.6) is 0 Å². The van der Waals surface area contributed by atoms with E-state index in [0.29, 0.717) is 0 Å². The Balaban J connectivity index is 0.00000200. The topological polar surface area (TPSA) is 41.1 Å². The van der Waals surface area contributed by atoms with Crippen molar-refractivity contribution in [2.24, 2.45) is 0 Å². The zero-order chi connectivity index (χ0) is 14.2. The maximum Gasteiger partial charge on any atom is 0.262 e. The van der Waals surface area contributed by atoms with Crippen LogP contribution in [-0.4, -0.2) is 24.4 Å². The fourth-order valence-corrected chi connectivity index (χ4v) is 3.40. The molecule has 0 aromatic carbocycles. The molecule has 3 nitrogen and oxygen atoms in total. The molecule has 1 fully saturated rings. The SMILES string of the molecule is Cc1cc(C(C)NC(=O)C2CC(F)(F)CN2)c(C)s1.Cl. The summed E-state index contributed by atoms with van der Waals surface area (Å²) in [6.45, 7) is 5.46. The number of halogens is 3. The van der Waals surface area contributed by atoms with Gasteiger partial charge in [-0.25, -0.2) is 8.78 Å². The van der Waals surface area contributed by atoms with Crippen molar-refractivity contribution in [1.82, 2.24) is 10.6 Å². The Labute approximate surface area is 127 Å². The van der Waals surface area contributed by atoms with Crippen molar-refractivity contribution in [3.63, 3.8) is 0 Å². The lowest BCUT2D eigenvalue weighted by Crippen LogP contribution is -2.41. The summed E-state index contributed by atoms with van der Waals surface area (Å²) in [5, 5.41) is 5.37. The minimum absolute atomic E-state index is 0. The summed E-state index contributed by atoms with van der Waals surface area (Å²) in [5.74, 6) is -3.13. The van der Waals surface area contributed by atoms with E-state index in [0.717, 1.165) is 10.4 Å². The third kappa shape index (κ3) is 3.90. The van der Waals surface area contributed by atoms with E-state index in [2.05, 4.69) is 10.6 Å². The molecule has 1 aliphatic heterocycles.